The van der Waals surface area contributed by atoms with Crippen molar-refractivity contribution < 1.29 is 19.4 Å². The van der Waals surface area contributed by atoms with Crippen LogP contribution in [0.15, 0.2) is 0 Å². The number of hydrogen-bond acceptors (Lipinski definition) is 4. The molecule has 0 aromatic carbocycles. The Bertz CT molecular complexity index is 260. The van der Waals surface area contributed by atoms with Gasteiger partial charge >= 0.3 is 6.09 Å². The van der Waals surface area contributed by atoms with Crippen LogP contribution in [-0.4, -0.2) is 53.6 Å². The summed E-state index contributed by atoms with van der Waals surface area (Å²) < 4.78 is 10.7. The first kappa shape index (κ1) is 14.3. The molecule has 1 rings (SSSR count). The predicted octanol–water partition coefficient (Wildman–Crippen LogP) is 1.39. The second kappa shape index (κ2) is 5.69. The maximum atomic E-state index is 12.0. The minimum atomic E-state index is -0.579. The van der Waals surface area contributed by atoms with E-state index in [9.17, 15) is 9.90 Å². The first-order chi connectivity index (χ1) is 7.81. The number of aliphatic hydroxyl groups excluding tert-OH is 1. The third-order valence-electron chi connectivity index (χ3n) is 2.62. The SMILES string of the molecule is CC(O)C1CCOCCN1C(=O)OC(C)(C)C. The summed E-state index contributed by atoms with van der Waals surface area (Å²) in [6.45, 7) is 8.69. The molecular formula is C12H23NO4. The molecule has 1 N–H and O–H groups in total. The molecule has 0 radical (unpaired) electrons. The first-order valence-corrected chi connectivity index (χ1v) is 6.06. The molecule has 0 spiro atoms. The van der Waals surface area contributed by atoms with Crippen LogP contribution in [0.1, 0.15) is 34.1 Å². The zero-order chi connectivity index (χ0) is 13.1. The fourth-order valence-corrected chi connectivity index (χ4v) is 1.84. The Morgan fingerprint density at radius 1 is 1.47 bits per heavy atom. The average Bonchev–Trinajstić information content (AvgIpc) is 2.39. The van der Waals surface area contributed by atoms with Gasteiger partial charge in [0.15, 0.2) is 0 Å². The average molecular weight is 245 g/mol. The Balaban J connectivity index is 2.72. The van der Waals surface area contributed by atoms with E-state index in [4.69, 9.17) is 9.47 Å². The van der Waals surface area contributed by atoms with E-state index in [0.717, 1.165) is 0 Å². The molecular weight excluding hydrogens is 222 g/mol. The number of rotatable bonds is 1. The van der Waals surface area contributed by atoms with Crippen molar-refractivity contribution in [2.24, 2.45) is 0 Å². The molecule has 2 atom stereocenters. The first-order valence-electron chi connectivity index (χ1n) is 6.06. The van der Waals surface area contributed by atoms with Gasteiger partial charge in [-0.3, -0.25) is 0 Å². The monoisotopic (exact) mass is 245 g/mol. The highest BCUT2D eigenvalue weighted by Gasteiger charge is 2.32. The Morgan fingerprint density at radius 2 is 2.12 bits per heavy atom. The van der Waals surface area contributed by atoms with Gasteiger partial charge in [0.1, 0.15) is 5.60 Å². The van der Waals surface area contributed by atoms with Crippen LogP contribution in [0.4, 0.5) is 4.79 Å². The van der Waals surface area contributed by atoms with Crippen molar-refractivity contribution >= 4 is 6.09 Å². The molecule has 1 fully saturated rings. The van der Waals surface area contributed by atoms with E-state index in [0.29, 0.717) is 26.2 Å². The summed E-state index contributed by atoms with van der Waals surface area (Å²) in [5.41, 5.74) is -0.520. The fourth-order valence-electron chi connectivity index (χ4n) is 1.84. The molecule has 17 heavy (non-hydrogen) atoms. The number of carbonyl (C=O) groups excluding carboxylic acids is 1. The van der Waals surface area contributed by atoms with E-state index in [-0.39, 0.29) is 12.1 Å². The van der Waals surface area contributed by atoms with E-state index in [1.807, 2.05) is 20.8 Å². The summed E-state index contributed by atoms with van der Waals surface area (Å²) in [5, 5.41) is 9.71. The van der Waals surface area contributed by atoms with Gasteiger partial charge in [0, 0.05) is 13.2 Å². The number of aliphatic hydroxyl groups is 1. The molecule has 0 aromatic rings. The predicted molar refractivity (Wildman–Crippen MR) is 63.8 cm³/mol. The topological polar surface area (TPSA) is 59.0 Å². The Kier molecular flexibility index (Phi) is 4.77. The van der Waals surface area contributed by atoms with Gasteiger partial charge in [-0.25, -0.2) is 4.79 Å². The van der Waals surface area contributed by atoms with E-state index in [2.05, 4.69) is 0 Å². The van der Waals surface area contributed by atoms with Crippen LogP contribution in [0.2, 0.25) is 0 Å². The summed E-state index contributed by atoms with van der Waals surface area (Å²) in [7, 11) is 0. The van der Waals surface area contributed by atoms with Crippen molar-refractivity contribution in [3.63, 3.8) is 0 Å². The van der Waals surface area contributed by atoms with Crippen LogP contribution in [0.3, 0.4) is 0 Å². The zero-order valence-corrected chi connectivity index (χ0v) is 11.1. The van der Waals surface area contributed by atoms with Crippen LogP contribution in [0, 0.1) is 0 Å². The Labute approximate surface area is 103 Å². The third kappa shape index (κ3) is 4.52. The van der Waals surface area contributed by atoms with Crippen molar-refractivity contribution in [1.29, 1.82) is 0 Å². The van der Waals surface area contributed by atoms with Crippen LogP contribution in [0.25, 0.3) is 0 Å². The third-order valence-corrected chi connectivity index (χ3v) is 2.62. The van der Waals surface area contributed by atoms with Crippen LogP contribution in [0.5, 0.6) is 0 Å². The Morgan fingerprint density at radius 3 is 2.65 bits per heavy atom. The van der Waals surface area contributed by atoms with Crippen molar-refractivity contribution in [2.75, 3.05) is 19.8 Å². The molecule has 0 bridgehead atoms. The lowest BCUT2D eigenvalue weighted by atomic mass is 10.1. The van der Waals surface area contributed by atoms with Gasteiger partial charge in [0.2, 0.25) is 0 Å². The molecule has 1 saturated heterocycles. The van der Waals surface area contributed by atoms with Gasteiger partial charge < -0.3 is 19.5 Å². The van der Waals surface area contributed by atoms with Crippen molar-refractivity contribution in [3.8, 4) is 0 Å². The lowest BCUT2D eigenvalue weighted by Crippen LogP contribution is -2.48. The van der Waals surface area contributed by atoms with Gasteiger partial charge in [-0.15, -0.1) is 0 Å². The van der Waals surface area contributed by atoms with Crippen molar-refractivity contribution in [2.45, 2.75) is 51.9 Å². The van der Waals surface area contributed by atoms with Gasteiger partial charge in [-0.05, 0) is 34.1 Å². The van der Waals surface area contributed by atoms with E-state index in [1.165, 1.54) is 0 Å². The number of amides is 1. The molecule has 1 heterocycles. The summed E-state index contributed by atoms with van der Waals surface area (Å²) >= 11 is 0. The lowest BCUT2D eigenvalue weighted by molar-refractivity contribution is -0.00119. The molecule has 100 valence electrons. The molecule has 5 nitrogen and oxygen atoms in total. The smallest absolute Gasteiger partial charge is 0.410 e. The zero-order valence-electron chi connectivity index (χ0n) is 11.1. The molecule has 5 heteroatoms. The molecule has 2 unspecified atom stereocenters. The maximum Gasteiger partial charge on any atom is 0.410 e. The number of hydrogen-bond donors (Lipinski definition) is 1. The highest BCUT2D eigenvalue weighted by Crippen LogP contribution is 2.17. The quantitative estimate of drug-likeness (QED) is 0.758. The van der Waals surface area contributed by atoms with E-state index < -0.39 is 11.7 Å². The number of carbonyl (C=O) groups is 1. The van der Waals surface area contributed by atoms with E-state index >= 15 is 0 Å². The number of ether oxygens (including phenoxy) is 2. The summed E-state index contributed by atoms with van der Waals surface area (Å²) in [5.74, 6) is 0. The second-order valence-electron chi connectivity index (χ2n) is 5.38. The minimum Gasteiger partial charge on any atom is -0.444 e. The molecule has 0 aliphatic carbocycles. The van der Waals surface area contributed by atoms with Crippen molar-refractivity contribution in [3.05, 3.63) is 0 Å². The van der Waals surface area contributed by atoms with Crippen LogP contribution < -0.4 is 0 Å². The highest BCUT2D eigenvalue weighted by molar-refractivity contribution is 5.68. The number of nitrogens with zero attached hydrogens (tertiary/aromatic N) is 1. The maximum absolute atomic E-state index is 12.0. The standard InChI is InChI=1S/C12H23NO4/c1-9(14)10-5-7-16-8-6-13(10)11(15)17-12(2,3)4/h9-10,14H,5-8H2,1-4H3. The van der Waals surface area contributed by atoms with Gasteiger partial charge in [-0.1, -0.05) is 0 Å². The summed E-state index contributed by atoms with van der Waals surface area (Å²) in [6, 6.07) is -0.229. The molecule has 0 aromatic heterocycles. The molecule has 1 aliphatic heterocycles. The van der Waals surface area contributed by atoms with Gasteiger partial charge in [0.25, 0.3) is 0 Å². The molecule has 1 aliphatic rings. The fraction of sp³-hybridized carbons (Fsp3) is 0.917. The Hall–Kier alpha value is -0.810. The van der Waals surface area contributed by atoms with Gasteiger partial charge in [0.05, 0.1) is 18.8 Å². The minimum absolute atomic E-state index is 0.229. The van der Waals surface area contributed by atoms with Crippen molar-refractivity contribution in [1.82, 2.24) is 4.90 Å². The molecule has 1 amide bonds. The van der Waals surface area contributed by atoms with Gasteiger partial charge in [-0.2, -0.15) is 0 Å². The summed E-state index contributed by atoms with van der Waals surface area (Å²) in [4.78, 5) is 13.6. The lowest BCUT2D eigenvalue weighted by Gasteiger charge is -2.33. The highest BCUT2D eigenvalue weighted by atomic mass is 16.6. The van der Waals surface area contributed by atoms with Crippen LogP contribution in [-0.2, 0) is 9.47 Å². The normalized spacial score (nSPS) is 24.1. The largest absolute Gasteiger partial charge is 0.444 e. The van der Waals surface area contributed by atoms with E-state index in [1.54, 1.807) is 11.8 Å². The van der Waals surface area contributed by atoms with Crippen LogP contribution >= 0.6 is 0 Å². The summed E-state index contributed by atoms with van der Waals surface area (Å²) in [6.07, 6.45) is -0.324. The second-order valence-corrected chi connectivity index (χ2v) is 5.38. The molecule has 0 saturated carbocycles.